The van der Waals surface area contributed by atoms with Gasteiger partial charge in [-0.1, -0.05) is 0 Å². The van der Waals surface area contributed by atoms with Crippen LogP contribution in [-0.4, -0.2) is 47.5 Å². The van der Waals surface area contributed by atoms with Gasteiger partial charge in [0.05, 0.1) is 18.3 Å². The summed E-state index contributed by atoms with van der Waals surface area (Å²) in [5, 5.41) is 4.55. The molecule has 0 saturated carbocycles. The summed E-state index contributed by atoms with van der Waals surface area (Å²) in [6.07, 6.45) is 8.47. The number of hydrogen-bond acceptors (Lipinski definition) is 4. The van der Waals surface area contributed by atoms with Crippen LogP contribution >= 0.6 is 0 Å². The number of carbonyl (C=O) groups excluding carboxylic acids is 1. The van der Waals surface area contributed by atoms with Crippen molar-refractivity contribution >= 4 is 11.7 Å². The average molecular weight is 338 g/mol. The number of carbonyl (C=O) groups is 1. The fraction of sp³-hybridized carbons (Fsp3) is 0.444. The molecule has 3 aromatic heterocycles. The maximum absolute atomic E-state index is 13.1. The van der Waals surface area contributed by atoms with Gasteiger partial charge in [0.25, 0.3) is 5.91 Å². The van der Waals surface area contributed by atoms with Crippen molar-refractivity contribution in [2.45, 2.75) is 45.7 Å². The van der Waals surface area contributed by atoms with Gasteiger partial charge in [-0.15, -0.1) is 0 Å². The number of imidazole rings is 1. The molecule has 0 radical (unpaired) electrons. The molecule has 0 aromatic carbocycles. The molecule has 0 spiro atoms. The van der Waals surface area contributed by atoms with Gasteiger partial charge in [0.1, 0.15) is 5.69 Å². The number of likely N-dealkylation sites (tertiary alicyclic amines) is 1. The van der Waals surface area contributed by atoms with Crippen LogP contribution < -0.4 is 0 Å². The smallest absolute Gasteiger partial charge is 0.274 e. The topological polar surface area (TPSA) is 68.3 Å². The predicted molar refractivity (Wildman–Crippen MR) is 93.4 cm³/mol. The van der Waals surface area contributed by atoms with Crippen LogP contribution in [-0.2, 0) is 6.54 Å². The lowest BCUT2D eigenvalue weighted by Crippen LogP contribution is -2.46. The fourth-order valence-corrected chi connectivity index (χ4v) is 3.60. The molecule has 25 heavy (non-hydrogen) atoms. The van der Waals surface area contributed by atoms with Crippen LogP contribution in [0.15, 0.2) is 30.7 Å². The van der Waals surface area contributed by atoms with E-state index < -0.39 is 0 Å². The Labute approximate surface area is 146 Å². The molecule has 7 nitrogen and oxygen atoms in total. The minimum atomic E-state index is -0.0169. The molecule has 0 N–H and O–H groups in total. The van der Waals surface area contributed by atoms with Gasteiger partial charge >= 0.3 is 0 Å². The van der Waals surface area contributed by atoms with E-state index >= 15 is 0 Å². The lowest BCUT2D eigenvalue weighted by Gasteiger charge is -2.35. The fourth-order valence-electron chi connectivity index (χ4n) is 3.60. The van der Waals surface area contributed by atoms with Crippen LogP contribution in [0.5, 0.6) is 0 Å². The number of hydrogen-bond donors (Lipinski definition) is 0. The summed E-state index contributed by atoms with van der Waals surface area (Å²) >= 11 is 0. The maximum atomic E-state index is 13.1. The highest BCUT2D eigenvalue weighted by Gasteiger charge is 2.29. The van der Waals surface area contributed by atoms with Crippen molar-refractivity contribution in [3.05, 3.63) is 47.8 Å². The maximum Gasteiger partial charge on any atom is 0.274 e. The van der Waals surface area contributed by atoms with Gasteiger partial charge in [-0.3, -0.25) is 13.9 Å². The number of aromatic nitrogens is 5. The van der Waals surface area contributed by atoms with Crippen LogP contribution in [0.25, 0.3) is 5.78 Å². The highest BCUT2D eigenvalue weighted by molar-refractivity contribution is 5.93. The lowest BCUT2D eigenvalue weighted by atomic mass is 10.0. The van der Waals surface area contributed by atoms with Crippen molar-refractivity contribution in [1.82, 2.24) is 29.0 Å². The number of amides is 1. The SMILES string of the molecule is Cc1cc(C)n(CC2CCCCN2C(=O)c2cn3cccnc3n2)n1. The van der Waals surface area contributed by atoms with E-state index in [1.165, 1.54) is 0 Å². The standard InChI is InChI=1S/C18H22N6O/c1-13-10-14(2)24(21-13)11-15-6-3-4-9-23(15)17(25)16-12-22-8-5-7-19-18(22)20-16/h5,7-8,10,12,15H,3-4,6,9,11H2,1-2H3. The van der Waals surface area contributed by atoms with E-state index in [1.54, 1.807) is 16.8 Å². The van der Waals surface area contributed by atoms with Gasteiger partial charge in [-0.2, -0.15) is 5.10 Å². The molecule has 4 heterocycles. The first-order chi connectivity index (χ1) is 12.1. The average Bonchev–Trinajstić information content (AvgIpc) is 3.17. The Hall–Kier alpha value is -2.70. The molecule has 4 rings (SSSR count). The minimum Gasteiger partial charge on any atom is -0.332 e. The molecule has 1 unspecified atom stereocenters. The zero-order valence-electron chi connectivity index (χ0n) is 14.6. The second-order valence-corrected chi connectivity index (χ2v) is 6.71. The molecule has 1 aliphatic rings. The van der Waals surface area contributed by atoms with E-state index in [0.717, 1.165) is 43.7 Å². The number of aryl methyl sites for hydroxylation is 2. The number of piperidine rings is 1. The molecule has 130 valence electrons. The Bertz CT molecular complexity index is 878. The molecular weight excluding hydrogens is 316 g/mol. The van der Waals surface area contributed by atoms with E-state index in [1.807, 2.05) is 28.8 Å². The van der Waals surface area contributed by atoms with Crippen molar-refractivity contribution in [3.63, 3.8) is 0 Å². The summed E-state index contributed by atoms with van der Waals surface area (Å²) in [5.74, 6) is 0.537. The molecular formula is C18H22N6O. The monoisotopic (exact) mass is 338 g/mol. The molecule has 1 amide bonds. The summed E-state index contributed by atoms with van der Waals surface area (Å²) in [4.78, 5) is 23.6. The minimum absolute atomic E-state index is 0.0169. The predicted octanol–water partition coefficient (Wildman–Crippen LogP) is 2.24. The van der Waals surface area contributed by atoms with Gasteiger partial charge in [0, 0.05) is 30.8 Å². The van der Waals surface area contributed by atoms with Gasteiger partial charge in [-0.25, -0.2) is 9.97 Å². The number of rotatable bonds is 3. The third kappa shape index (κ3) is 3.01. The Morgan fingerprint density at radius 2 is 2.20 bits per heavy atom. The van der Waals surface area contributed by atoms with Crippen LogP contribution in [0.1, 0.15) is 41.1 Å². The van der Waals surface area contributed by atoms with Crippen LogP contribution in [0.2, 0.25) is 0 Å². The summed E-state index contributed by atoms with van der Waals surface area (Å²) in [6, 6.07) is 4.05. The van der Waals surface area contributed by atoms with Crippen LogP contribution in [0.3, 0.4) is 0 Å². The third-order valence-electron chi connectivity index (χ3n) is 4.83. The highest BCUT2D eigenvalue weighted by Crippen LogP contribution is 2.21. The van der Waals surface area contributed by atoms with E-state index in [2.05, 4.69) is 28.1 Å². The van der Waals surface area contributed by atoms with E-state index in [-0.39, 0.29) is 11.9 Å². The molecule has 1 fully saturated rings. The van der Waals surface area contributed by atoms with Crippen molar-refractivity contribution in [3.8, 4) is 0 Å². The molecule has 1 saturated heterocycles. The van der Waals surface area contributed by atoms with Gasteiger partial charge < -0.3 is 4.90 Å². The second kappa shape index (κ2) is 6.31. The number of nitrogens with zero attached hydrogens (tertiary/aromatic N) is 6. The summed E-state index contributed by atoms with van der Waals surface area (Å²) in [7, 11) is 0. The van der Waals surface area contributed by atoms with Crippen molar-refractivity contribution < 1.29 is 4.79 Å². The molecule has 3 aromatic rings. The van der Waals surface area contributed by atoms with Gasteiger partial charge in [0.15, 0.2) is 0 Å². The first-order valence-electron chi connectivity index (χ1n) is 8.73. The number of fused-ring (bicyclic) bond motifs is 1. The largest absolute Gasteiger partial charge is 0.332 e. The van der Waals surface area contributed by atoms with Gasteiger partial charge in [0.2, 0.25) is 5.78 Å². The molecule has 7 heteroatoms. The highest BCUT2D eigenvalue weighted by atomic mass is 16.2. The Morgan fingerprint density at radius 3 is 2.96 bits per heavy atom. The molecule has 0 bridgehead atoms. The van der Waals surface area contributed by atoms with E-state index in [0.29, 0.717) is 11.5 Å². The van der Waals surface area contributed by atoms with E-state index in [9.17, 15) is 4.79 Å². The van der Waals surface area contributed by atoms with Gasteiger partial charge in [-0.05, 0) is 45.2 Å². The summed E-state index contributed by atoms with van der Waals surface area (Å²) in [5.41, 5.74) is 2.60. The van der Waals surface area contributed by atoms with Crippen LogP contribution in [0.4, 0.5) is 0 Å². The summed E-state index contributed by atoms with van der Waals surface area (Å²) < 4.78 is 3.80. The van der Waals surface area contributed by atoms with Crippen molar-refractivity contribution in [2.24, 2.45) is 0 Å². The molecule has 1 aliphatic heterocycles. The Balaban J connectivity index is 1.59. The summed E-state index contributed by atoms with van der Waals surface area (Å²) in [6.45, 7) is 5.56. The molecule has 0 aliphatic carbocycles. The third-order valence-corrected chi connectivity index (χ3v) is 4.83. The Morgan fingerprint density at radius 1 is 1.32 bits per heavy atom. The Kier molecular flexibility index (Phi) is 3.99. The second-order valence-electron chi connectivity index (χ2n) is 6.71. The molecule has 1 atom stereocenters. The van der Waals surface area contributed by atoms with Crippen LogP contribution in [0, 0.1) is 13.8 Å². The lowest BCUT2D eigenvalue weighted by molar-refractivity contribution is 0.0577. The normalized spacial score (nSPS) is 18.0. The van der Waals surface area contributed by atoms with E-state index in [4.69, 9.17) is 0 Å². The van der Waals surface area contributed by atoms with Crippen molar-refractivity contribution in [2.75, 3.05) is 6.54 Å². The zero-order chi connectivity index (χ0) is 17.4. The first-order valence-corrected chi connectivity index (χ1v) is 8.73. The zero-order valence-corrected chi connectivity index (χ0v) is 14.6. The van der Waals surface area contributed by atoms with Crippen molar-refractivity contribution in [1.29, 1.82) is 0 Å². The quantitative estimate of drug-likeness (QED) is 0.734. The first kappa shape index (κ1) is 15.8.